The molecule has 2 amide bonds. The number of nitrogens with zero attached hydrogens (tertiary/aromatic N) is 1. The van der Waals surface area contributed by atoms with E-state index in [0.717, 1.165) is 4.90 Å². The molecule has 0 bridgehead atoms. The molecule has 1 N–H and O–H groups in total. The van der Waals surface area contributed by atoms with Gasteiger partial charge in [-0.1, -0.05) is 20.3 Å². The number of aliphatic carboxylic acids is 1. The Morgan fingerprint density at radius 2 is 1.87 bits per heavy atom. The summed E-state index contributed by atoms with van der Waals surface area (Å²) in [6.45, 7) is 3.57. The first kappa shape index (κ1) is 11.7. The Morgan fingerprint density at radius 1 is 1.40 bits per heavy atom. The fourth-order valence-electron chi connectivity index (χ4n) is 1.74. The SMILES string of the molecule is CC[C@H](C)[C@@H](C(=O)O)N1C(=O)CCC1=O. The van der Waals surface area contributed by atoms with E-state index in [1.807, 2.05) is 6.92 Å². The van der Waals surface area contributed by atoms with E-state index in [1.54, 1.807) is 6.92 Å². The number of rotatable bonds is 4. The lowest BCUT2D eigenvalue weighted by molar-refractivity contribution is -0.156. The predicted molar refractivity (Wildman–Crippen MR) is 52.0 cm³/mol. The predicted octanol–water partition coefficient (Wildman–Crippen LogP) is 0.635. The molecular formula is C10H15NO4. The van der Waals surface area contributed by atoms with E-state index in [2.05, 4.69) is 0 Å². The van der Waals surface area contributed by atoms with Gasteiger partial charge in [0.1, 0.15) is 6.04 Å². The Morgan fingerprint density at radius 3 is 2.20 bits per heavy atom. The van der Waals surface area contributed by atoms with Crippen molar-refractivity contribution in [2.45, 2.75) is 39.2 Å². The van der Waals surface area contributed by atoms with E-state index in [4.69, 9.17) is 5.11 Å². The van der Waals surface area contributed by atoms with E-state index in [-0.39, 0.29) is 30.6 Å². The molecule has 84 valence electrons. The third-order valence-electron chi connectivity index (χ3n) is 2.80. The first-order chi connectivity index (χ1) is 6.99. The Bertz CT molecular complexity index is 284. The molecule has 0 unspecified atom stereocenters. The Kier molecular flexibility index (Phi) is 3.44. The van der Waals surface area contributed by atoms with Crippen molar-refractivity contribution in [3.63, 3.8) is 0 Å². The van der Waals surface area contributed by atoms with E-state index >= 15 is 0 Å². The average Bonchev–Trinajstić information content (AvgIpc) is 2.49. The molecule has 15 heavy (non-hydrogen) atoms. The molecule has 0 aromatic heterocycles. The second-order valence-electron chi connectivity index (χ2n) is 3.83. The minimum absolute atomic E-state index is 0.138. The summed E-state index contributed by atoms with van der Waals surface area (Å²) in [5.74, 6) is -2.05. The molecule has 1 saturated heterocycles. The van der Waals surface area contributed by atoms with Gasteiger partial charge in [0.15, 0.2) is 0 Å². The largest absolute Gasteiger partial charge is 0.480 e. The maximum Gasteiger partial charge on any atom is 0.327 e. The van der Waals surface area contributed by atoms with Gasteiger partial charge in [0.05, 0.1) is 0 Å². The van der Waals surface area contributed by atoms with Crippen molar-refractivity contribution in [2.75, 3.05) is 0 Å². The third kappa shape index (κ3) is 2.16. The Labute approximate surface area is 88.1 Å². The molecule has 0 spiro atoms. The first-order valence-corrected chi connectivity index (χ1v) is 5.06. The van der Waals surface area contributed by atoms with Crippen LogP contribution in [0.4, 0.5) is 0 Å². The van der Waals surface area contributed by atoms with Crippen LogP contribution in [-0.2, 0) is 14.4 Å². The van der Waals surface area contributed by atoms with Gasteiger partial charge in [0.25, 0.3) is 0 Å². The highest BCUT2D eigenvalue weighted by Gasteiger charge is 2.40. The Balaban J connectivity index is 2.93. The molecule has 1 rings (SSSR count). The third-order valence-corrected chi connectivity index (χ3v) is 2.80. The molecular weight excluding hydrogens is 198 g/mol. The zero-order valence-corrected chi connectivity index (χ0v) is 8.90. The van der Waals surface area contributed by atoms with Crippen LogP contribution in [0.3, 0.4) is 0 Å². The van der Waals surface area contributed by atoms with Crippen LogP contribution in [0.2, 0.25) is 0 Å². The summed E-state index contributed by atoms with van der Waals surface area (Å²) in [5.41, 5.74) is 0. The second-order valence-corrected chi connectivity index (χ2v) is 3.83. The smallest absolute Gasteiger partial charge is 0.327 e. The van der Waals surface area contributed by atoms with Crippen molar-refractivity contribution in [3.05, 3.63) is 0 Å². The van der Waals surface area contributed by atoms with Gasteiger partial charge in [-0.2, -0.15) is 0 Å². The minimum Gasteiger partial charge on any atom is -0.480 e. The highest BCUT2D eigenvalue weighted by molar-refractivity contribution is 6.04. The van der Waals surface area contributed by atoms with Gasteiger partial charge in [-0.05, 0) is 5.92 Å². The van der Waals surface area contributed by atoms with Crippen LogP contribution >= 0.6 is 0 Å². The molecule has 5 nitrogen and oxygen atoms in total. The van der Waals surface area contributed by atoms with Gasteiger partial charge in [-0.3, -0.25) is 14.5 Å². The number of hydrogen-bond acceptors (Lipinski definition) is 3. The average molecular weight is 213 g/mol. The number of amides is 2. The highest BCUT2D eigenvalue weighted by atomic mass is 16.4. The van der Waals surface area contributed by atoms with Gasteiger partial charge in [-0.25, -0.2) is 4.79 Å². The molecule has 0 aromatic carbocycles. The number of carbonyl (C=O) groups is 3. The van der Waals surface area contributed by atoms with Crippen LogP contribution in [-0.4, -0.2) is 33.8 Å². The van der Waals surface area contributed by atoms with Gasteiger partial charge in [0, 0.05) is 12.8 Å². The van der Waals surface area contributed by atoms with Gasteiger partial charge in [0.2, 0.25) is 11.8 Å². The zero-order chi connectivity index (χ0) is 11.6. The summed E-state index contributed by atoms with van der Waals surface area (Å²) in [6.07, 6.45) is 0.895. The molecule has 1 fully saturated rings. The number of carbonyl (C=O) groups excluding carboxylic acids is 2. The molecule has 1 aliphatic heterocycles. The molecule has 0 radical (unpaired) electrons. The quantitative estimate of drug-likeness (QED) is 0.695. The molecule has 0 aliphatic carbocycles. The van der Waals surface area contributed by atoms with Crippen LogP contribution in [0.15, 0.2) is 0 Å². The van der Waals surface area contributed by atoms with Crippen molar-refractivity contribution >= 4 is 17.8 Å². The van der Waals surface area contributed by atoms with Crippen molar-refractivity contribution in [2.24, 2.45) is 5.92 Å². The summed E-state index contributed by atoms with van der Waals surface area (Å²) in [4.78, 5) is 34.7. The van der Waals surface area contributed by atoms with Crippen molar-refractivity contribution < 1.29 is 19.5 Å². The summed E-state index contributed by atoms with van der Waals surface area (Å²) in [5, 5.41) is 9.02. The second kappa shape index (κ2) is 4.42. The van der Waals surface area contributed by atoms with Crippen LogP contribution in [0.1, 0.15) is 33.1 Å². The zero-order valence-electron chi connectivity index (χ0n) is 8.90. The standard InChI is InChI=1S/C10H15NO4/c1-3-6(2)9(10(14)15)11-7(12)4-5-8(11)13/h6,9H,3-5H2,1-2H3,(H,14,15)/t6-,9-/m0/s1. The molecule has 1 heterocycles. The molecule has 5 heteroatoms. The van der Waals surface area contributed by atoms with Crippen LogP contribution in [0, 0.1) is 5.92 Å². The lowest BCUT2D eigenvalue weighted by Gasteiger charge is -2.26. The van der Waals surface area contributed by atoms with Crippen LogP contribution < -0.4 is 0 Å². The first-order valence-electron chi connectivity index (χ1n) is 5.06. The number of likely N-dealkylation sites (tertiary alicyclic amines) is 1. The van der Waals surface area contributed by atoms with Crippen molar-refractivity contribution in [1.82, 2.24) is 4.90 Å². The lowest BCUT2D eigenvalue weighted by Crippen LogP contribution is -2.48. The van der Waals surface area contributed by atoms with Gasteiger partial charge >= 0.3 is 5.97 Å². The van der Waals surface area contributed by atoms with E-state index in [9.17, 15) is 14.4 Å². The number of hydrogen-bond donors (Lipinski definition) is 1. The van der Waals surface area contributed by atoms with Crippen LogP contribution in [0.25, 0.3) is 0 Å². The summed E-state index contributed by atoms with van der Waals surface area (Å²) in [7, 11) is 0. The maximum absolute atomic E-state index is 11.4. The fraction of sp³-hybridized carbons (Fsp3) is 0.700. The summed E-state index contributed by atoms with van der Waals surface area (Å²) < 4.78 is 0. The monoisotopic (exact) mass is 213 g/mol. The summed E-state index contributed by atoms with van der Waals surface area (Å²) in [6, 6.07) is -1.00. The molecule has 2 atom stereocenters. The van der Waals surface area contributed by atoms with Crippen molar-refractivity contribution in [3.8, 4) is 0 Å². The number of carboxylic acid groups (broad SMARTS) is 1. The molecule has 0 aromatic rings. The van der Waals surface area contributed by atoms with E-state index in [0.29, 0.717) is 6.42 Å². The molecule has 1 aliphatic rings. The number of imide groups is 1. The van der Waals surface area contributed by atoms with Gasteiger partial charge < -0.3 is 5.11 Å². The normalized spacial score (nSPS) is 20.5. The molecule has 0 saturated carbocycles. The minimum atomic E-state index is -1.10. The lowest BCUT2D eigenvalue weighted by atomic mass is 9.98. The van der Waals surface area contributed by atoms with E-state index < -0.39 is 12.0 Å². The topological polar surface area (TPSA) is 74.7 Å². The number of carboxylic acids is 1. The van der Waals surface area contributed by atoms with E-state index in [1.165, 1.54) is 0 Å². The Hall–Kier alpha value is -1.39. The van der Waals surface area contributed by atoms with Crippen LogP contribution in [0.5, 0.6) is 0 Å². The van der Waals surface area contributed by atoms with Crippen molar-refractivity contribution in [1.29, 1.82) is 0 Å². The fourth-order valence-corrected chi connectivity index (χ4v) is 1.74. The highest BCUT2D eigenvalue weighted by Crippen LogP contribution is 2.22. The maximum atomic E-state index is 11.4. The summed E-state index contributed by atoms with van der Waals surface area (Å²) >= 11 is 0. The van der Waals surface area contributed by atoms with Gasteiger partial charge in [-0.15, -0.1) is 0 Å².